The van der Waals surface area contributed by atoms with Crippen molar-refractivity contribution < 1.29 is 0 Å². The first-order chi connectivity index (χ1) is 9.25. The number of benzene rings is 2. The zero-order chi connectivity index (χ0) is 13.5. The summed E-state index contributed by atoms with van der Waals surface area (Å²) in [5.74, 6) is 0.724. The Kier molecular flexibility index (Phi) is 4.85. The van der Waals surface area contributed by atoms with E-state index in [4.69, 9.17) is 0 Å². The van der Waals surface area contributed by atoms with Gasteiger partial charge in [-0.3, -0.25) is 0 Å². The monoisotopic (exact) mass is 254 g/mol. The van der Waals surface area contributed by atoms with Crippen LogP contribution in [0.3, 0.4) is 0 Å². The zero-order valence-electron chi connectivity index (χ0n) is 11.7. The Morgan fingerprint density at radius 2 is 1.47 bits per heavy atom. The molecule has 2 aromatic rings. The molecule has 0 atom stereocenters. The van der Waals surface area contributed by atoms with E-state index in [-0.39, 0.29) is 0 Å². The van der Waals surface area contributed by atoms with E-state index in [1.165, 1.54) is 6.42 Å². The first kappa shape index (κ1) is 13.5. The molecule has 0 saturated carbocycles. The lowest BCUT2D eigenvalue weighted by atomic mass is 10.1. The summed E-state index contributed by atoms with van der Waals surface area (Å²) < 4.78 is 0. The van der Waals surface area contributed by atoms with Crippen molar-refractivity contribution in [3.8, 4) is 0 Å². The second-order valence-corrected chi connectivity index (χ2v) is 5.15. The Balaban J connectivity index is 2.04. The number of hydrogen-bond acceptors (Lipinski definition) is 2. The average molecular weight is 254 g/mol. The molecule has 2 nitrogen and oxygen atoms in total. The van der Waals surface area contributed by atoms with E-state index in [0.717, 1.165) is 29.5 Å². The van der Waals surface area contributed by atoms with Crippen molar-refractivity contribution in [2.24, 2.45) is 5.92 Å². The Hall–Kier alpha value is -1.96. The van der Waals surface area contributed by atoms with Gasteiger partial charge in [0.1, 0.15) is 0 Å². The van der Waals surface area contributed by atoms with Gasteiger partial charge in [0.2, 0.25) is 0 Å². The maximum Gasteiger partial charge on any atom is 0.0620 e. The lowest BCUT2D eigenvalue weighted by molar-refractivity contribution is 0.607. The number of para-hydroxylation sites is 3. The van der Waals surface area contributed by atoms with E-state index >= 15 is 0 Å². The molecule has 0 saturated heterocycles. The van der Waals surface area contributed by atoms with Crippen molar-refractivity contribution >= 4 is 17.1 Å². The average Bonchev–Trinajstić information content (AvgIpc) is 2.41. The van der Waals surface area contributed by atoms with Crippen LogP contribution in [0.2, 0.25) is 0 Å². The van der Waals surface area contributed by atoms with Crippen molar-refractivity contribution in [2.45, 2.75) is 20.3 Å². The molecule has 0 spiro atoms. The highest BCUT2D eigenvalue weighted by Crippen LogP contribution is 2.25. The van der Waals surface area contributed by atoms with Crippen LogP contribution in [0.1, 0.15) is 20.3 Å². The smallest absolute Gasteiger partial charge is 0.0620 e. The minimum Gasteiger partial charge on any atom is -0.383 e. The lowest BCUT2D eigenvalue weighted by Crippen LogP contribution is -2.06. The van der Waals surface area contributed by atoms with Crippen LogP contribution in [0, 0.1) is 5.92 Å². The number of rotatable bonds is 6. The first-order valence-corrected chi connectivity index (χ1v) is 6.90. The molecule has 19 heavy (non-hydrogen) atoms. The summed E-state index contributed by atoms with van der Waals surface area (Å²) in [4.78, 5) is 0. The van der Waals surface area contributed by atoms with Gasteiger partial charge in [0.05, 0.1) is 11.4 Å². The van der Waals surface area contributed by atoms with Crippen molar-refractivity contribution in [1.82, 2.24) is 0 Å². The number of nitrogens with one attached hydrogen (secondary N) is 2. The van der Waals surface area contributed by atoms with Crippen LogP contribution in [-0.4, -0.2) is 6.54 Å². The molecule has 0 aromatic heterocycles. The van der Waals surface area contributed by atoms with Crippen molar-refractivity contribution in [3.05, 3.63) is 54.6 Å². The van der Waals surface area contributed by atoms with Gasteiger partial charge in [-0.15, -0.1) is 0 Å². The predicted molar refractivity (Wildman–Crippen MR) is 84.1 cm³/mol. The van der Waals surface area contributed by atoms with Crippen LogP contribution in [0.15, 0.2) is 54.6 Å². The van der Waals surface area contributed by atoms with Gasteiger partial charge in [-0.25, -0.2) is 0 Å². The molecule has 0 bridgehead atoms. The normalized spacial score (nSPS) is 10.5. The van der Waals surface area contributed by atoms with Gasteiger partial charge in [-0.05, 0) is 36.6 Å². The zero-order valence-corrected chi connectivity index (χ0v) is 11.7. The van der Waals surface area contributed by atoms with Gasteiger partial charge >= 0.3 is 0 Å². The number of hydrogen-bond donors (Lipinski definition) is 2. The fourth-order valence-corrected chi connectivity index (χ4v) is 1.92. The molecular weight excluding hydrogens is 232 g/mol. The highest BCUT2D eigenvalue weighted by molar-refractivity contribution is 5.74. The predicted octanol–water partition coefficient (Wildman–Crippen LogP) is 4.89. The number of anilines is 3. The van der Waals surface area contributed by atoms with Gasteiger partial charge in [0, 0.05) is 12.2 Å². The van der Waals surface area contributed by atoms with Crippen LogP contribution in [-0.2, 0) is 0 Å². The molecule has 0 unspecified atom stereocenters. The third kappa shape index (κ3) is 4.32. The largest absolute Gasteiger partial charge is 0.383 e. The van der Waals surface area contributed by atoms with E-state index in [9.17, 15) is 0 Å². The van der Waals surface area contributed by atoms with Crippen LogP contribution in [0.4, 0.5) is 17.1 Å². The molecule has 100 valence electrons. The SMILES string of the molecule is CC(C)CCNc1ccccc1Nc1ccccc1. The Bertz CT molecular complexity index is 492. The van der Waals surface area contributed by atoms with Gasteiger partial charge in [-0.1, -0.05) is 44.2 Å². The molecule has 0 fully saturated rings. The first-order valence-electron chi connectivity index (χ1n) is 6.90. The fourth-order valence-electron chi connectivity index (χ4n) is 1.92. The van der Waals surface area contributed by atoms with Gasteiger partial charge in [0.25, 0.3) is 0 Å². The van der Waals surface area contributed by atoms with Crippen molar-refractivity contribution in [2.75, 3.05) is 17.2 Å². The van der Waals surface area contributed by atoms with E-state index in [1.54, 1.807) is 0 Å². The second kappa shape index (κ2) is 6.83. The van der Waals surface area contributed by atoms with E-state index in [0.29, 0.717) is 0 Å². The minimum atomic E-state index is 0.724. The fraction of sp³-hybridized carbons (Fsp3) is 0.294. The van der Waals surface area contributed by atoms with E-state index in [1.807, 2.05) is 18.2 Å². The maximum absolute atomic E-state index is 3.50. The molecule has 0 aliphatic heterocycles. The van der Waals surface area contributed by atoms with Gasteiger partial charge in [0.15, 0.2) is 0 Å². The summed E-state index contributed by atoms with van der Waals surface area (Å²) in [5.41, 5.74) is 3.39. The highest BCUT2D eigenvalue weighted by Gasteiger charge is 2.01. The molecule has 2 rings (SSSR count). The standard InChI is InChI=1S/C17H22N2/c1-14(2)12-13-18-16-10-6-7-11-17(16)19-15-8-4-3-5-9-15/h3-11,14,18-19H,12-13H2,1-2H3. The summed E-state index contributed by atoms with van der Waals surface area (Å²) in [5, 5.41) is 6.95. The van der Waals surface area contributed by atoms with Crippen LogP contribution >= 0.6 is 0 Å². The van der Waals surface area contributed by atoms with Crippen LogP contribution in [0.25, 0.3) is 0 Å². The molecule has 0 aliphatic carbocycles. The van der Waals surface area contributed by atoms with Gasteiger partial charge in [-0.2, -0.15) is 0 Å². The molecule has 0 radical (unpaired) electrons. The molecule has 0 aliphatic rings. The Labute approximate surface area is 115 Å². The molecular formula is C17H22N2. The highest BCUT2D eigenvalue weighted by atomic mass is 15.0. The third-order valence-electron chi connectivity index (χ3n) is 3.02. The lowest BCUT2D eigenvalue weighted by Gasteiger charge is -2.14. The van der Waals surface area contributed by atoms with Crippen LogP contribution in [0.5, 0.6) is 0 Å². The van der Waals surface area contributed by atoms with Crippen LogP contribution < -0.4 is 10.6 Å². The van der Waals surface area contributed by atoms with Gasteiger partial charge < -0.3 is 10.6 Å². The van der Waals surface area contributed by atoms with E-state index < -0.39 is 0 Å². The summed E-state index contributed by atoms with van der Waals surface area (Å²) in [7, 11) is 0. The molecule has 2 heteroatoms. The minimum absolute atomic E-state index is 0.724. The van der Waals surface area contributed by atoms with E-state index in [2.05, 4.69) is 60.9 Å². The molecule has 2 aromatic carbocycles. The molecule has 2 N–H and O–H groups in total. The summed E-state index contributed by atoms with van der Waals surface area (Å²) >= 11 is 0. The second-order valence-electron chi connectivity index (χ2n) is 5.15. The van der Waals surface area contributed by atoms with Crippen molar-refractivity contribution in [1.29, 1.82) is 0 Å². The topological polar surface area (TPSA) is 24.1 Å². The Morgan fingerprint density at radius 1 is 0.842 bits per heavy atom. The van der Waals surface area contributed by atoms with Crippen molar-refractivity contribution in [3.63, 3.8) is 0 Å². The quantitative estimate of drug-likeness (QED) is 0.767. The molecule has 0 heterocycles. The summed E-state index contributed by atoms with van der Waals surface area (Å²) in [6.07, 6.45) is 1.18. The Morgan fingerprint density at radius 3 is 2.16 bits per heavy atom. The third-order valence-corrected chi connectivity index (χ3v) is 3.02. The maximum atomic E-state index is 3.50. The molecule has 0 amide bonds. The summed E-state index contributed by atoms with van der Waals surface area (Å²) in [6.45, 7) is 5.50. The summed E-state index contributed by atoms with van der Waals surface area (Å²) in [6, 6.07) is 18.6.